The minimum Gasteiger partial charge on any atom is -0.331 e. The predicted octanol–water partition coefficient (Wildman–Crippen LogP) is 2.16. The fourth-order valence-corrected chi connectivity index (χ4v) is 2.40. The molecule has 3 rings (SSSR count). The molecule has 0 amide bonds. The van der Waals surface area contributed by atoms with E-state index in [9.17, 15) is 4.79 Å². The Bertz CT molecular complexity index is 782. The van der Waals surface area contributed by atoms with Gasteiger partial charge in [-0.1, -0.05) is 0 Å². The topological polar surface area (TPSA) is 52.2 Å². The van der Waals surface area contributed by atoms with Gasteiger partial charge in [0.1, 0.15) is 17.2 Å². The molecule has 5 heteroatoms. The first-order valence-electron chi connectivity index (χ1n) is 6.04. The van der Waals surface area contributed by atoms with Crippen LogP contribution in [0, 0.1) is 13.8 Å². The summed E-state index contributed by atoms with van der Waals surface area (Å²) in [7, 11) is 1.99. The van der Waals surface area contributed by atoms with E-state index in [2.05, 4.69) is 9.97 Å². The average Bonchev–Trinajstić information content (AvgIpc) is 2.91. The highest BCUT2D eigenvalue weighted by molar-refractivity contribution is 5.75. The smallest absolute Gasteiger partial charge is 0.168 e. The number of hydrogen-bond acceptors (Lipinski definition) is 3. The number of fused-ring (bicyclic) bond motifs is 1. The Hall–Kier alpha value is -2.43. The number of aryl methyl sites for hydroxylation is 2. The molecule has 0 saturated heterocycles. The van der Waals surface area contributed by atoms with Crippen molar-refractivity contribution in [2.75, 3.05) is 0 Å². The average molecular weight is 254 g/mol. The molecule has 3 heterocycles. The van der Waals surface area contributed by atoms with Crippen LogP contribution in [-0.4, -0.2) is 25.2 Å². The first-order chi connectivity index (χ1) is 9.11. The van der Waals surface area contributed by atoms with Gasteiger partial charge in [0.15, 0.2) is 6.29 Å². The summed E-state index contributed by atoms with van der Waals surface area (Å²) < 4.78 is 3.85. The van der Waals surface area contributed by atoms with Gasteiger partial charge in [0.25, 0.3) is 0 Å². The van der Waals surface area contributed by atoms with E-state index in [1.807, 2.05) is 43.8 Å². The number of aromatic nitrogens is 4. The van der Waals surface area contributed by atoms with Gasteiger partial charge in [0.05, 0.1) is 17.6 Å². The van der Waals surface area contributed by atoms with E-state index in [1.165, 1.54) is 0 Å². The molecule has 0 aliphatic carbocycles. The highest BCUT2D eigenvalue weighted by Gasteiger charge is 2.12. The molecule has 0 fully saturated rings. The van der Waals surface area contributed by atoms with Crippen LogP contribution in [0.1, 0.15) is 22.0 Å². The summed E-state index contributed by atoms with van der Waals surface area (Å²) >= 11 is 0. The molecule has 0 N–H and O–H groups in total. The number of rotatable bonds is 2. The van der Waals surface area contributed by atoms with E-state index < -0.39 is 0 Å². The molecule has 19 heavy (non-hydrogen) atoms. The largest absolute Gasteiger partial charge is 0.331 e. The standard InChI is InChI=1S/C14H14N4O/c1-9-14(17(3)10(2)16-9)11-4-5-13-15-6-12(8-19)18(13)7-11/h4-8H,1-3H3. The van der Waals surface area contributed by atoms with Crippen molar-refractivity contribution in [2.45, 2.75) is 13.8 Å². The Labute approximate surface area is 110 Å². The summed E-state index contributed by atoms with van der Waals surface area (Å²) in [5, 5.41) is 0. The van der Waals surface area contributed by atoms with Gasteiger partial charge in [0, 0.05) is 18.8 Å². The van der Waals surface area contributed by atoms with E-state index >= 15 is 0 Å². The lowest BCUT2D eigenvalue weighted by Gasteiger charge is -2.06. The minimum absolute atomic E-state index is 0.549. The van der Waals surface area contributed by atoms with Crippen LogP contribution in [0.3, 0.4) is 0 Å². The Morgan fingerprint density at radius 1 is 1.26 bits per heavy atom. The maximum absolute atomic E-state index is 11.0. The molecular weight excluding hydrogens is 240 g/mol. The minimum atomic E-state index is 0.549. The molecule has 0 radical (unpaired) electrons. The van der Waals surface area contributed by atoms with E-state index in [0.29, 0.717) is 5.69 Å². The summed E-state index contributed by atoms with van der Waals surface area (Å²) in [6.07, 6.45) is 4.31. The highest BCUT2D eigenvalue weighted by Crippen LogP contribution is 2.24. The summed E-state index contributed by atoms with van der Waals surface area (Å²) in [4.78, 5) is 19.6. The van der Waals surface area contributed by atoms with Crippen LogP contribution >= 0.6 is 0 Å². The summed E-state index contributed by atoms with van der Waals surface area (Å²) in [5.74, 6) is 0.967. The first kappa shape index (κ1) is 11.6. The van der Waals surface area contributed by atoms with Crippen molar-refractivity contribution >= 4 is 11.9 Å². The van der Waals surface area contributed by atoms with Crippen molar-refractivity contribution in [1.82, 2.24) is 18.9 Å². The lowest BCUT2D eigenvalue weighted by molar-refractivity contribution is 0.111. The second-order valence-electron chi connectivity index (χ2n) is 4.60. The molecule has 0 aliphatic heterocycles. The fourth-order valence-electron chi connectivity index (χ4n) is 2.40. The monoisotopic (exact) mass is 254 g/mol. The molecule has 0 atom stereocenters. The van der Waals surface area contributed by atoms with Crippen molar-refractivity contribution in [1.29, 1.82) is 0 Å². The van der Waals surface area contributed by atoms with Gasteiger partial charge in [-0.3, -0.25) is 9.20 Å². The molecule has 0 bridgehead atoms. The molecule has 3 aromatic heterocycles. The lowest BCUT2D eigenvalue weighted by atomic mass is 10.2. The van der Waals surface area contributed by atoms with Crippen LogP contribution in [-0.2, 0) is 7.05 Å². The summed E-state index contributed by atoms with van der Waals surface area (Å²) in [5.41, 5.74) is 4.38. The highest BCUT2D eigenvalue weighted by atomic mass is 16.1. The molecule has 0 saturated carbocycles. The van der Waals surface area contributed by atoms with Crippen molar-refractivity contribution in [3.05, 3.63) is 41.7 Å². The quantitative estimate of drug-likeness (QED) is 0.658. The normalized spacial score (nSPS) is 11.1. The summed E-state index contributed by atoms with van der Waals surface area (Å²) in [6, 6.07) is 3.91. The van der Waals surface area contributed by atoms with Gasteiger partial charge in [-0.15, -0.1) is 0 Å². The van der Waals surface area contributed by atoms with Crippen molar-refractivity contribution in [3.63, 3.8) is 0 Å². The third-order valence-corrected chi connectivity index (χ3v) is 3.42. The molecule has 0 aromatic carbocycles. The van der Waals surface area contributed by atoms with Crippen molar-refractivity contribution in [2.24, 2.45) is 7.05 Å². The Morgan fingerprint density at radius 3 is 2.68 bits per heavy atom. The molecule has 0 spiro atoms. The number of hydrogen-bond donors (Lipinski definition) is 0. The SMILES string of the molecule is Cc1nc(C)n(C)c1-c1ccc2ncc(C=O)n2c1. The fraction of sp³-hybridized carbons (Fsp3) is 0.214. The van der Waals surface area contributed by atoms with Crippen molar-refractivity contribution in [3.8, 4) is 11.3 Å². The van der Waals surface area contributed by atoms with Crippen LogP contribution in [0.4, 0.5) is 0 Å². The van der Waals surface area contributed by atoms with Crippen LogP contribution < -0.4 is 0 Å². The predicted molar refractivity (Wildman–Crippen MR) is 72.3 cm³/mol. The van der Waals surface area contributed by atoms with Crippen LogP contribution in [0.15, 0.2) is 24.5 Å². The van der Waals surface area contributed by atoms with Gasteiger partial charge in [-0.05, 0) is 26.0 Å². The number of nitrogens with zero attached hydrogens (tertiary/aromatic N) is 4. The zero-order valence-corrected chi connectivity index (χ0v) is 11.1. The lowest BCUT2D eigenvalue weighted by Crippen LogP contribution is -1.97. The number of pyridine rings is 1. The second kappa shape index (κ2) is 4.05. The van der Waals surface area contributed by atoms with E-state index in [0.717, 1.165) is 34.7 Å². The van der Waals surface area contributed by atoms with Crippen molar-refractivity contribution < 1.29 is 4.79 Å². The number of carbonyl (C=O) groups excluding carboxylic acids is 1. The maximum atomic E-state index is 11.0. The Kier molecular flexibility index (Phi) is 2.48. The Morgan fingerprint density at radius 2 is 2.05 bits per heavy atom. The van der Waals surface area contributed by atoms with E-state index in [1.54, 1.807) is 10.6 Å². The summed E-state index contributed by atoms with van der Waals surface area (Å²) in [6.45, 7) is 3.96. The zero-order chi connectivity index (χ0) is 13.6. The van der Waals surface area contributed by atoms with E-state index in [4.69, 9.17) is 0 Å². The number of aldehydes is 1. The molecule has 96 valence electrons. The molecule has 3 aromatic rings. The Balaban J connectivity index is 2.28. The maximum Gasteiger partial charge on any atom is 0.168 e. The van der Waals surface area contributed by atoms with Gasteiger partial charge in [-0.25, -0.2) is 9.97 Å². The van der Waals surface area contributed by atoms with Crippen LogP contribution in [0.25, 0.3) is 16.9 Å². The number of imidazole rings is 2. The first-order valence-corrected chi connectivity index (χ1v) is 6.04. The molecular formula is C14H14N4O. The number of carbonyl (C=O) groups is 1. The third kappa shape index (κ3) is 1.66. The van der Waals surface area contributed by atoms with Crippen LogP contribution in [0.5, 0.6) is 0 Å². The second-order valence-corrected chi connectivity index (χ2v) is 4.60. The van der Waals surface area contributed by atoms with Gasteiger partial charge in [0.2, 0.25) is 0 Å². The zero-order valence-electron chi connectivity index (χ0n) is 11.1. The van der Waals surface area contributed by atoms with Crippen LogP contribution in [0.2, 0.25) is 0 Å². The molecule has 5 nitrogen and oxygen atoms in total. The van der Waals surface area contributed by atoms with Gasteiger partial charge < -0.3 is 4.57 Å². The third-order valence-electron chi connectivity index (χ3n) is 3.42. The van der Waals surface area contributed by atoms with Gasteiger partial charge in [-0.2, -0.15) is 0 Å². The molecule has 0 unspecified atom stereocenters. The molecule has 0 aliphatic rings. The van der Waals surface area contributed by atoms with E-state index in [-0.39, 0.29) is 0 Å². The van der Waals surface area contributed by atoms with Gasteiger partial charge >= 0.3 is 0 Å².